The normalized spacial score (nSPS) is 21.8. The minimum atomic E-state index is -4.34. The summed E-state index contributed by atoms with van der Waals surface area (Å²) in [5, 5.41) is 0.380. The minimum absolute atomic E-state index is 0.122. The Morgan fingerprint density at radius 1 is 1.30 bits per heavy atom. The van der Waals surface area contributed by atoms with Crippen molar-refractivity contribution in [3.8, 4) is 0 Å². The predicted molar refractivity (Wildman–Crippen MR) is 73.8 cm³/mol. The van der Waals surface area contributed by atoms with Gasteiger partial charge in [-0.2, -0.15) is 13.2 Å². The van der Waals surface area contributed by atoms with Gasteiger partial charge in [0.05, 0.1) is 5.56 Å². The zero-order valence-corrected chi connectivity index (χ0v) is 11.2. The van der Waals surface area contributed by atoms with Crippen LogP contribution < -0.4 is 0 Å². The maximum absolute atomic E-state index is 12.9. The van der Waals surface area contributed by atoms with Gasteiger partial charge in [0.1, 0.15) is 5.16 Å². The SMILES string of the molecule is C=C1CC2=C(Cl)N=CCC2c2cc(C(F)(F)F)ccc21. The van der Waals surface area contributed by atoms with Crippen molar-refractivity contribution in [2.45, 2.75) is 24.9 Å². The molecule has 1 heterocycles. The van der Waals surface area contributed by atoms with Crippen LogP contribution in [-0.2, 0) is 6.18 Å². The van der Waals surface area contributed by atoms with Crippen molar-refractivity contribution in [2.24, 2.45) is 4.99 Å². The van der Waals surface area contributed by atoms with Crippen LogP contribution in [-0.4, -0.2) is 6.21 Å². The largest absolute Gasteiger partial charge is 0.416 e. The Kier molecular flexibility index (Phi) is 3.01. The van der Waals surface area contributed by atoms with Crippen LogP contribution >= 0.6 is 11.6 Å². The molecule has 0 fully saturated rings. The Balaban J connectivity index is 2.17. The number of alkyl halides is 3. The van der Waals surface area contributed by atoms with Crippen LogP contribution in [0.5, 0.6) is 0 Å². The van der Waals surface area contributed by atoms with Crippen LogP contribution in [0.15, 0.2) is 40.5 Å². The van der Waals surface area contributed by atoms with E-state index < -0.39 is 11.7 Å². The highest BCUT2D eigenvalue weighted by atomic mass is 35.5. The Bertz CT molecular complexity index is 656. The summed E-state index contributed by atoms with van der Waals surface area (Å²) in [5.41, 5.74) is 2.46. The highest BCUT2D eigenvalue weighted by molar-refractivity contribution is 6.30. The second-order valence-electron chi connectivity index (χ2n) is 5.00. The first-order chi connectivity index (χ1) is 9.38. The number of hydrogen-bond donors (Lipinski definition) is 0. The number of allylic oxidation sites excluding steroid dienone is 2. The van der Waals surface area contributed by atoms with Gasteiger partial charge in [0.15, 0.2) is 0 Å². The molecule has 0 N–H and O–H groups in total. The molecule has 1 aromatic rings. The van der Waals surface area contributed by atoms with Crippen LogP contribution in [0.25, 0.3) is 5.57 Å². The van der Waals surface area contributed by atoms with Crippen molar-refractivity contribution in [3.05, 3.63) is 52.2 Å². The molecule has 2 aliphatic rings. The summed E-state index contributed by atoms with van der Waals surface area (Å²) in [5.74, 6) is -0.122. The summed E-state index contributed by atoms with van der Waals surface area (Å²) in [7, 11) is 0. The van der Waals surface area contributed by atoms with Gasteiger partial charge in [0, 0.05) is 12.1 Å². The fraction of sp³-hybridized carbons (Fsp3) is 0.267. The average Bonchev–Trinajstić information content (AvgIpc) is 2.39. The lowest BCUT2D eigenvalue weighted by Crippen LogP contribution is -2.17. The standard InChI is InChI=1S/C15H11ClF3N/c1-8-6-13-11(4-5-20-14(13)16)12-7-9(15(17,18)19)2-3-10(8)12/h2-3,5,7,11H,1,4,6H2. The van der Waals surface area contributed by atoms with Crippen LogP contribution in [0, 0.1) is 0 Å². The number of rotatable bonds is 0. The molecule has 1 nitrogen and oxygen atoms in total. The molecule has 0 bridgehead atoms. The minimum Gasteiger partial charge on any atom is -0.249 e. The van der Waals surface area contributed by atoms with Crippen LogP contribution in [0.1, 0.15) is 35.4 Å². The number of aliphatic imine (C=N–C) groups is 1. The van der Waals surface area contributed by atoms with Crippen molar-refractivity contribution in [1.29, 1.82) is 0 Å². The van der Waals surface area contributed by atoms with Crippen molar-refractivity contribution in [1.82, 2.24) is 0 Å². The van der Waals surface area contributed by atoms with Gasteiger partial charge >= 0.3 is 6.18 Å². The van der Waals surface area contributed by atoms with Crippen molar-refractivity contribution < 1.29 is 13.2 Å². The highest BCUT2D eigenvalue weighted by Crippen LogP contribution is 2.47. The zero-order valence-electron chi connectivity index (χ0n) is 10.5. The second kappa shape index (κ2) is 4.48. The molecule has 0 saturated heterocycles. The van der Waals surface area contributed by atoms with E-state index in [9.17, 15) is 13.2 Å². The molecular weight excluding hydrogens is 287 g/mol. The van der Waals surface area contributed by atoms with Gasteiger partial charge < -0.3 is 0 Å². The summed E-state index contributed by atoms with van der Waals surface area (Å²) >= 11 is 6.07. The first kappa shape index (κ1) is 13.4. The molecule has 0 radical (unpaired) electrons. The van der Waals surface area contributed by atoms with Crippen LogP contribution in [0.4, 0.5) is 13.2 Å². The molecular formula is C15H11ClF3N. The van der Waals surface area contributed by atoms with E-state index in [0.29, 0.717) is 23.6 Å². The first-order valence-electron chi connectivity index (χ1n) is 6.18. The molecule has 1 aliphatic carbocycles. The van der Waals surface area contributed by atoms with Crippen LogP contribution in [0.2, 0.25) is 0 Å². The lowest BCUT2D eigenvalue weighted by atomic mass is 9.75. The summed E-state index contributed by atoms with van der Waals surface area (Å²) in [6.07, 6.45) is -1.54. The molecule has 20 heavy (non-hydrogen) atoms. The maximum atomic E-state index is 12.9. The third kappa shape index (κ3) is 2.08. The number of nitrogens with zero attached hydrogens (tertiary/aromatic N) is 1. The van der Waals surface area contributed by atoms with Crippen molar-refractivity contribution >= 4 is 23.4 Å². The average molecular weight is 298 g/mol. The van der Waals surface area contributed by atoms with Gasteiger partial charge in [-0.15, -0.1) is 0 Å². The summed E-state index contributed by atoms with van der Waals surface area (Å²) in [4.78, 5) is 4.05. The van der Waals surface area contributed by atoms with Gasteiger partial charge in [-0.05, 0) is 47.2 Å². The Labute approximate surface area is 119 Å². The molecule has 3 rings (SSSR count). The molecule has 0 amide bonds. The topological polar surface area (TPSA) is 12.4 Å². The van der Waals surface area contributed by atoms with E-state index in [0.717, 1.165) is 22.8 Å². The van der Waals surface area contributed by atoms with E-state index in [1.807, 2.05) is 0 Å². The van der Waals surface area contributed by atoms with Gasteiger partial charge in [-0.1, -0.05) is 24.2 Å². The van der Waals surface area contributed by atoms with Gasteiger partial charge in [-0.25, -0.2) is 4.99 Å². The van der Waals surface area contributed by atoms with E-state index in [-0.39, 0.29) is 5.92 Å². The predicted octanol–water partition coefficient (Wildman–Crippen LogP) is 5.13. The fourth-order valence-electron chi connectivity index (χ4n) is 2.79. The van der Waals surface area contributed by atoms with E-state index in [1.54, 1.807) is 6.21 Å². The molecule has 0 spiro atoms. The number of hydrogen-bond acceptors (Lipinski definition) is 1. The molecule has 5 heteroatoms. The van der Waals surface area contributed by atoms with Gasteiger partial charge in [0.25, 0.3) is 0 Å². The Hall–Kier alpha value is -1.55. The Morgan fingerprint density at radius 2 is 2.05 bits per heavy atom. The Morgan fingerprint density at radius 3 is 2.75 bits per heavy atom. The third-order valence-electron chi connectivity index (χ3n) is 3.77. The molecule has 1 aliphatic heterocycles. The van der Waals surface area contributed by atoms with Crippen molar-refractivity contribution in [3.63, 3.8) is 0 Å². The number of halogens is 4. The number of fused-ring (bicyclic) bond motifs is 3. The van der Waals surface area contributed by atoms with Crippen LogP contribution in [0.3, 0.4) is 0 Å². The van der Waals surface area contributed by atoms with Gasteiger partial charge in [0.2, 0.25) is 0 Å². The maximum Gasteiger partial charge on any atom is 0.416 e. The second-order valence-corrected chi connectivity index (χ2v) is 5.35. The van der Waals surface area contributed by atoms with Gasteiger partial charge in [-0.3, -0.25) is 0 Å². The van der Waals surface area contributed by atoms with E-state index in [1.165, 1.54) is 12.1 Å². The molecule has 1 atom stereocenters. The highest BCUT2D eigenvalue weighted by Gasteiger charge is 2.35. The van der Waals surface area contributed by atoms with E-state index in [4.69, 9.17) is 11.6 Å². The first-order valence-corrected chi connectivity index (χ1v) is 6.56. The molecule has 1 aromatic carbocycles. The quantitative estimate of drug-likeness (QED) is 0.589. The molecule has 0 aromatic heterocycles. The summed E-state index contributed by atoms with van der Waals surface area (Å²) in [6, 6.07) is 3.84. The third-order valence-corrected chi connectivity index (χ3v) is 4.11. The zero-order chi connectivity index (χ0) is 14.5. The molecule has 1 unspecified atom stereocenters. The monoisotopic (exact) mass is 297 g/mol. The summed E-state index contributed by atoms with van der Waals surface area (Å²) in [6.45, 7) is 3.95. The van der Waals surface area contributed by atoms with E-state index in [2.05, 4.69) is 11.6 Å². The smallest absolute Gasteiger partial charge is 0.249 e. The fourth-order valence-corrected chi connectivity index (χ4v) is 3.06. The lowest BCUT2D eigenvalue weighted by Gasteiger charge is -2.31. The molecule has 0 saturated carbocycles. The van der Waals surface area contributed by atoms with E-state index >= 15 is 0 Å². The van der Waals surface area contributed by atoms with Crippen molar-refractivity contribution in [2.75, 3.05) is 0 Å². The summed E-state index contributed by atoms with van der Waals surface area (Å²) < 4.78 is 38.6. The molecule has 104 valence electrons. The lowest BCUT2D eigenvalue weighted by molar-refractivity contribution is -0.137. The number of benzene rings is 1.